The van der Waals surface area contributed by atoms with Gasteiger partial charge in [-0.05, 0) is 43.7 Å². The number of nitrogens with one attached hydrogen (secondary N) is 1. The van der Waals surface area contributed by atoms with Crippen molar-refractivity contribution in [1.29, 1.82) is 0 Å². The molecule has 0 aliphatic carbocycles. The van der Waals surface area contributed by atoms with E-state index in [9.17, 15) is 14.0 Å². The Kier molecular flexibility index (Phi) is 8.74. The van der Waals surface area contributed by atoms with Gasteiger partial charge in [-0.1, -0.05) is 28.1 Å². The van der Waals surface area contributed by atoms with Crippen molar-refractivity contribution in [3.8, 4) is 11.5 Å². The maximum Gasteiger partial charge on any atom is 0.306 e. The third kappa shape index (κ3) is 7.19. The smallest absolute Gasteiger partial charge is 0.306 e. The van der Waals surface area contributed by atoms with Crippen LogP contribution in [-0.2, 0) is 14.3 Å². The molecule has 8 heteroatoms. The molecule has 0 radical (unpaired) electrons. The minimum Gasteiger partial charge on any atom is -0.490 e. The van der Waals surface area contributed by atoms with Gasteiger partial charge in [0.1, 0.15) is 5.82 Å². The van der Waals surface area contributed by atoms with E-state index in [0.717, 1.165) is 0 Å². The Balaban J connectivity index is 1.66. The summed E-state index contributed by atoms with van der Waals surface area (Å²) in [5, 5.41) is 2.35. The van der Waals surface area contributed by atoms with Gasteiger partial charge in [-0.2, -0.15) is 0 Å². The molecule has 0 atom stereocenters. The topological polar surface area (TPSA) is 73.9 Å². The van der Waals surface area contributed by atoms with E-state index in [4.69, 9.17) is 14.2 Å². The van der Waals surface area contributed by atoms with Gasteiger partial charge in [0.15, 0.2) is 18.1 Å². The van der Waals surface area contributed by atoms with E-state index < -0.39 is 24.3 Å². The monoisotopic (exact) mass is 453 g/mol. The lowest BCUT2D eigenvalue weighted by Crippen LogP contribution is -2.21. The Morgan fingerprint density at radius 1 is 1.11 bits per heavy atom. The van der Waals surface area contributed by atoms with Crippen LogP contribution >= 0.6 is 15.9 Å². The van der Waals surface area contributed by atoms with E-state index >= 15 is 0 Å². The second-order valence-corrected chi connectivity index (χ2v) is 6.58. The Labute approximate surface area is 171 Å². The van der Waals surface area contributed by atoms with Gasteiger partial charge in [-0.15, -0.1) is 0 Å². The number of para-hydroxylation sites is 2. The van der Waals surface area contributed by atoms with Gasteiger partial charge in [-0.25, -0.2) is 4.39 Å². The third-order valence-corrected chi connectivity index (χ3v) is 3.99. The molecular weight excluding hydrogens is 433 g/mol. The lowest BCUT2D eigenvalue weighted by atomic mass is 10.3. The summed E-state index contributed by atoms with van der Waals surface area (Å²) >= 11 is 3.13. The van der Waals surface area contributed by atoms with Crippen LogP contribution in [0.1, 0.15) is 19.8 Å². The molecule has 6 nitrogen and oxygen atoms in total. The average molecular weight is 454 g/mol. The first-order valence-corrected chi connectivity index (χ1v) is 9.54. The van der Waals surface area contributed by atoms with Crippen molar-refractivity contribution in [2.24, 2.45) is 0 Å². The molecule has 150 valence electrons. The maximum absolute atomic E-state index is 13.7. The molecule has 0 fully saturated rings. The largest absolute Gasteiger partial charge is 0.490 e. The number of hydrogen-bond donors (Lipinski definition) is 1. The summed E-state index contributed by atoms with van der Waals surface area (Å²) in [6.07, 6.45) is 0.513. The first-order chi connectivity index (χ1) is 13.5. The van der Waals surface area contributed by atoms with Gasteiger partial charge in [-0.3, -0.25) is 9.59 Å². The molecule has 0 heterocycles. The number of amides is 1. The SMILES string of the molecule is CCOc1ccccc1OCCCC(=O)OCC(=O)Nc1ccc(Br)cc1F. The summed E-state index contributed by atoms with van der Waals surface area (Å²) in [6.45, 7) is 2.23. The number of carbonyl (C=O) groups is 2. The van der Waals surface area contributed by atoms with E-state index in [0.29, 0.717) is 35.6 Å². The van der Waals surface area contributed by atoms with E-state index in [1.54, 1.807) is 18.2 Å². The lowest BCUT2D eigenvalue weighted by molar-refractivity contribution is -0.147. The van der Waals surface area contributed by atoms with Crippen LogP contribution in [0.4, 0.5) is 10.1 Å². The molecule has 2 aromatic rings. The average Bonchev–Trinajstić information content (AvgIpc) is 2.67. The first kappa shape index (κ1) is 21.7. The highest BCUT2D eigenvalue weighted by atomic mass is 79.9. The van der Waals surface area contributed by atoms with Gasteiger partial charge in [0.25, 0.3) is 5.91 Å². The standard InChI is InChI=1S/C20H21BrFNO5/c1-2-26-17-6-3-4-7-18(17)27-11-5-8-20(25)28-13-19(24)23-16-10-9-14(21)12-15(16)22/h3-4,6-7,9-10,12H,2,5,8,11,13H2,1H3,(H,23,24). The molecule has 0 aromatic heterocycles. The molecule has 2 aromatic carbocycles. The number of ether oxygens (including phenoxy) is 3. The molecule has 28 heavy (non-hydrogen) atoms. The molecular formula is C20H21BrFNO5. The molecule has 2 rings (SSSR count). The highest BCUT2D eigenvalue weighted by molar-refractivity contribution is 9.10. The van der Waals surface area contributed by atoms with Crippen molar-refractivity contribution >= 4 is 33.5 Å². The summed E-state index contributed by atoms with van der Waals surface area (Å²) in [7, 11) is 0. The normalized spacial score (nSPS) is 10.2. The van der Waals surface area contributed by atoms with Crippen molar-refractivity contribution in [2.45, 2.75) is 19.8 Å². The van der Waals surface area contributed by atoms with Gasteiger partial charge in [0, 0.05) is 10.9 Å². The zero-order chi connectivity index (χ0) is 20.4. The zero-order valence-corrected chi connectivity index (χ0v) is 17.0. The first-order valence-electron chi connectivity index (χ1n) is 8.74. The molecule has 1 amide bonds. The number of benzene rings is 2. The van der Waals surface area contributed by atoms with Crippen molar-refractivity contribution in [1.82, 2.24) is 0 Å². The van der Waals surface area contributed by atoms with Gasteiger partial charge in [0.05, 0.1) is 18.9 Å². The third-order valence-electron chi connectivity index (χ3n) is 3.50. The fraction of sp³-hybridized carbons (Fsp3) is 0.300. The minimum atomic E-state index is -0.614. The van der Waals surface area contributed by atoms with Crippen LogP contribution in [-0.4, -0.2) is 31.7 Å². The molecule has 0 spiro atoms. The number of hydrogen-bond acceptors (Lipinski definition) is 5. The van der Waals surface area contributed by atoms with Crippen LogP contribution in [0.25, 0.3) is 0 Å². The summed E-state index contributed by atoms with van der Waals surface area (Å²) in [5.74, 6) is -0.485. The Morgan fingerprint density at radius 3 is 2.50 bits per heavy atom. The number of rotatable bonds is 10. The van der Waals surface area contributed by atoms with Crippen LogP contribution in [0, 0.1) is 5.82 Å². The number of halogens is 2. The quantitative estimate of drug-likeness (QED) is 0.428. The van der Waals surface area contributed by atoms with E-state index in [1.165, 1.54) is 12.1 Å². The summed E-state index contributed by atoms with van der Waals surface area (Å²) in [5.41, 5.74) is 0.0191. The van der Waals surface area contributed by atoms with Crippen LogP contribution in [0.3, 0.4) is 0 Å². The highest BCUT2D eigenvalue weighted by Gasteiger charge is 2.11. The second-order valence-electron chi connectivity index (χ2n) is 5.66. The van der Waals surface area contributed by atoms with Gasteiger partial charge < -0.3 is 19.5 Å². The van der Waals surface area contributed by atoms with Gasteiger partial charge >= 0.3 is 5.97 Å². The second kappa shape index (κ2) is 11.3. The molecule has 1 N–H and O–H groups in total. The Hall–Kier alpha value is -2.61. The van der Waals surface area contributed by atoms with Gasteiger partial charge in [0.2, 0.25) is 0 Å². The minimum absolute atomic E-state index is 0.0191. The fourth-order valence-corrected chi connectivity index (χ4v) is 2.57. The van der Waals surface area contributed by atoms with Crippen LogP contribution in [0.2, 0.25) is 0 Å². The summed E-state index contributed by atoms with van der Waals surface area (Å²) in [6, 6.07) is 11.5. The van der Waals surface area contributed by atoms with E-state index in [-0.39, 0.29) is 12.1 Å². The molecule has 0 bridgehead atoms. The Bertz CT molecular complexity index is 815. The molecule has 0 unspecified atom stereocenters. The zero-order valence-electron chi connectivity index (χ0n) is 15.4. The number of anilines is 1. The fourth-order valence-electron chi connectivity index (χ4n) is 2.24. The lowest BCUT2D eigenvalue weighted by Gasteiger charge is -2.11. The van der Waals surface area contributed by atoms with Crippen molar-refractivity contribution in [3.05, 3.63) is 52.8 Å². The van der Waals surface area contributed by atoms with E-state index in [2.05, 4.69) is 21.2 Å². The predicted octanol–water partition coefficient (Wildman–Crippen LogP) is 4.33. The molecule has 0 aliphatic rings. The van der Waals surface area contributed by atoms with Crippen LogP contribution in [0.5, 0.6) is 11.5 Å². The number of carbonyl (C=O) groups excluding carboxylic acids is 2. The maximum atomic E-state index is 13.7. The Morgan fingerprint density at radius 2 is 1.82 bits per heavy atom. The molecule has 0 saturated heterocycles. The van der Waals surface area contributed by atoms with Crippen molar-refractivity contribution in [3.63, 3.8) is 0 Å². The van der Waals surface area contributed by atoms with Crippen LogP contribution < -0.4 is 14.8 Å². The summed E-state index contributed by atoms with van der Waals surface area (Å²) < 4.78 is 30.2. The number of esters is 1. The van der Waals surface area contributed by atoms with E-state index in [1.807, 2.05) is 19.1 Å². The molecule has 0 saturated carbocycles. The predicted molar refractivity (Wildman–Crippen MR) is 106 cm³/mol. The van der Waals surface area contributed by atoms with Crippen molar-refractivity contribution < 1.29 is 28.2 Å². The van der Waals surface area contributed by atoms with Crippen molar-refractivity contribution in [2.75, 3.05) is 25.1 Å². The van der Waals surface area contributed by atoms with Crippen LogP contribution in [0.15, 0.2) is 46.9 Å². The molecule has 0 aliphatic heterocycles. The highest BCUT2D eigenvalue weighted by Crippen LogP contribution is 2.26. The summed E-state index contributed by atoms with van der Waals surface area (Å²) in [4.78, 5) is 23.5.